The first-order chi connectivity index (χ1) is 19.3. The molecule has 0 bridgehead atoms. The fourth-order valence-corrected chi connectivity index (χ4v) is 5.29. The maximum absolute atomic E-state index is 13.7. The lowest BCUT2D eigenvalue weighted by Gasteiger charge is -2.49. The number of carbonyl (C=O) groups excluding carboxylic acids is 2. The number of ether oxygens (including phenoxy) is 4. The summed E-state index contributed by atoms with van der Waals surface area (Å²) in [5.41, 5.74) is 0. The molecule has 0 spiro atoms. The van der Waals surface area contributed by atoms with Crippen LogP contribution in [-0.4, -0.2) is 115 Å². The largest absolute Gasteiger partial charge is 0.518 e. The summed E-state index contributed by atoms with van der Waals surface area (Å²) in [5.74, 6) is -0.443. The van der Waals surface area contributed by atoms with Crippen molar-refractivity contribution < 1.29 is 48.3 Å². The summed E-state index contributed by atoms with van der Waals surface area (Å²) in [6, 6.07) is -1.11. The van der Waals surface area contributed by atoms with E-state index in [1.807, 2.05) is 6.92 Å². The molecule has 0 radical (unpaired) electrons. The number of nitrogens with zero attached hydrogens (tertiary/aromatic N) is 1. The molecule has 6 atom stereocenters. The molecule has 11 heteroatoms. The highest BCUT2D eigenvalue weighted by Gasteiger charge is 2.58. The SMILES string of the molecule is CCCCCCCCCCCC[N+](CCOCCOCC)(C(=O)OCC)C1O[C@H](CO)[C@@H](O)[C@H](O)[C@H]1NC(C)=O. The van der Waals surface area contributed by atoms with Crippen LogP contribution >= 0.6 is 0 Å². The van der Waals surface area contributed by atoms with Gasteiger partial charge >= 0.3 is 6.09 Å². The van der Waals surface area contributed by atoms with E-state index in [9.17, 15) is 24.9 Å². The van der Waals surface area contributed by atoms with Crippen LogP contribution in [0.2, 0.25) is 0 Å². The lowest BCUT2D eigenvalue weighted by Crippen LogP contribution is -2.75. The van der Waals surface area contributed by atoms with Crippen LogP contribution in [0.15, 0.2) is 0 Å². The Morgan fingerprint density at radius 1 is 0.800 bits per heavy atom. The topological polar surface area (TPSA) is 144 Å². The maximum Gasteiger partial charge on any atom is 0.518 e. The molecule has 1 aliphatic heterocycles. The minimum atomic E-state index is -1.46. The zero-order chi connectivity index (χ0) is 29.8. The fourth-order valence-electron chi connectivity index (χ4n) is 5.29. The van der Waals surface area contributed by atoms with Crippen molar-refractivity contribution >= 4 is 12.0 Å². The van der Waals surface area contributed by atoms with E-state index in [0.29, 0.717) is 32.8 Å². The van der Waals surface area contributed by atoms with E-state index in [1.165, 1.54) is 45.4 Å². The Hall–Kier alpha value is -1.34. The van der Waals surface area contributed by atoms with Crippen LogP contribution < -0.4 is 5.32 Å². The molecule has 4 N–H and O–H groups in total. The fraction of sp³-hybridized carbons (Fsp3) is 0.931. The standard InChI is InChI=1S/C29H56N2O9/c1-5-8-9-10-11-12-13-14-15-16-17-31(29(36)39-7-3,18-19-38-21-20-37-6-2)28-25(30-23(4)33)27(35)26(34)24(22-32)40-28/h24-28,32,34-35H,5-22H2,1-4H3/p+1/t24-,25-,26-,27-,28?,31?/m1/s1. The number of hydrogen-bond acceptors (Lipinski definition) is 9. The third-order valence-electron chi connectivity index (χ3n) is 7.51. The van der Waals surface area contributed by atoms with Gasteiger partial charge in [-0.1, -0.05) is 58.3 Å². The first-order valence-corrected chi connectivity index (χ1v) is 15.4. The summed E-state index contributed by atoms with van der Waals surface area (Å²) in [6.07, 6.45) is 5.53. The van der Waals surface area contributed by atoms with Gasteiger partial charge in [0.05, 0.1) is 39.6 Å². The second-order valence-corrected chi connectivity index (χ2v) is 10.6. The van der Waals surface area contributed by atoms with Gasteiger partial charge in [-0.25, -0.2) is 0 Å². The summed E-state index contributed by atoms with van der Waals surface area (Å²) < 4.78 is 22.4. The van der Waals surface area contributed by atoms with Crippen LogP contribution in [0.5, 0.6) is 0 Å². The summed E-state index contributed by atoms with van der Waals surface area (Å²) in [4.78, 5) is 25.8. The quantitative estimate of drug-likeness (QED) is 0.113. The van der Waals surface area contributed by atoms with Crippen molar-refractivity contribution in [3.63, 3.8) is 0 Å². The monoisotopic (exact) mass is 577 g/mol. The van der Waals surface area contributed by atoms with Crippen LogP contribution in [0.3, 0.4) is 0 Å². The lowest BCUT2D eigenvalue weighted by molar-refractivity contribution is -0.912. The number of amides is 2. The predicted octanol–water partition coefficient (Wildman–Crippen LogP) is 2.88. The summed E-state index contributed by atoms with van der Waals surface area (Å²) >= 11 is 0. The molecule has 0 saturated carbocycles. The van der Waals surface area contributed by atoms with Crippen LogP contribution in [-0.2, 0) is 23.7 Å². The molecule has 1 saturated heterocycles. The van der Waals surface area contributed by atoms with E-state index >= 15 is 0 Å². The molecule has 40 heavy (non-hydrogen) atoms. The number of rotatable bonds is 22. The van der Waals surface area contributed by atoms with E-state index in [0.717, 1.165) is 19.3 Å². The minimum absolute atomic E-state index is 0.133. The number of aliphatic hydroxyl groups is 3. The van der Waals surface area contributed by atoms with Gasteiger partial charge in [0.2, 0.25) is 12.1 Å². The van der Waals surface area contributed by atoms with Gasteiger partial charge in [0.15, 0.2) is 0 Å². The van der Waals surface area contributed by atoms with Gasteiger partial charge in [-0.2, -0.15) is 9.28 Å². The molecule has 1 heterocycles. The van der Waals surface area contributed by atoms with Crippen molar-refractivity contribution in [1.29, 1.82) is 0 Å². The van der Waals surface area contributed by atoms with Gasteiger partial charge in [0.1, 0.15) is 30.9 Å². The molecule has 0 aromatic heterocycles. The number of aliphatic hydroxyl groups excluding tert-OH is 3. The van der Waals surface area contributed by atoms with E-state index in [1.54, 1.807) is 6.92 Å². The van der Waals surface area contributed by atoms with Crippen molar-refractivity contribution in [3.05, 3.63) is 0 Å². The molecule has 0 aliphatic carbocycles. The third kappa shape index (κ3) is 12.3. The number of nitrogens with one attached hydrogen (secondary N) is 1. The Morgan fingerprint density at radius 2 is 1.40 bits per heavy atom. The zero-order valence-electron chi connectivity index (χ0n) is 25.4. The Morgan fingerprint density at radius 3 is 1.95 bits per heavy atom. The van der Waals surface area contributed by atoms with Crippen LogP contribution in [0, 0.1) is 0 Å². The average molecular weight is 578 g/mol. The van der Waals surface area contributed by atoms with E-state index < -0.39 is 49.2 Å². The van der Waals surface area contributed by atoms with Gasteiger partial charge in [0, 0.05) is 13.5 Å². The van der Waals surface area contributed by atoms with Crippen molar-refractivity contribution in [3.8, 4) is 0 Å². The van der Waals surface area contributed by atoms with Crippen molar-refractivity contribution in [2.75, 3.05) is 52.7 Å². The van der Waals surface area contributed by atoms with Gasteiger partial charge in [-0.05, 0) is 26.7 Å². The highest BCUT2D eigenvalue weighted by atomic mass is 16.6. The zero-order valence-corrected chi connectivity index (χ0v) is 25.4. The Labute approximate surface area is 241 Å². The van der Waals surface area contributed by atoms with Crippen LogP contribution in [0.1, 0.15) is 91.9 Å². The number of carbonyl (C=O) groups is 2. The molecule has 1 rings (SSSR count). The second-order valence-electron chi connectivity index (χ2n) is 10.6. The predicted molar refractivity (Wildman–Crippen MR) is 152 cm³/mol. The van der Waals surface area contributed by atoms with E-state index in [4.69, 9.17) is 18.9 Å². The molecule has 236 valence electrons. The third-order valence-corrected chi connectivity index (χ3v) is 7.51. The van der Waals surface area contributed by atoms with Crippen molar-refractivity contribution in [2.24, 2.45) is 0 Å². The number of unbranched alkanes of at least 4 members (excludes halogenated alkanes) is 9. The van der Waals surface area contributed by atoms with Gasteiger partial charge < -0.3 is 39.6 Å². The molecular formula is C29H57N2O9+. The van der Waals surface area contributed by atoms with Gasteiger partial charge in [-0.3, -0.25) is 4.79 Å². The molecule has 2 unspecified atom stereocenters. The average Bonchev–Trinajstić information content (AvgIpc) is 2.93. The number of quaternary nitrogens is 1. The second kappa shape index (κ2) is 21.4. The molecule has 0 aromatic carbocycles. The molecular weight excluding hydrogens is 520 g/mol. The number of hydrogen-bond donors (Lipinski definition) is 4. The molecule has 2 amide bonds. The van der Waals surface area contributed by atoms with Crippen LogP contribution in [0.25, 0.3) is 0 Å². The molecule has 1 fully saturated rings. The van der Waals surface area contributed by atoms with Crippen LogP contribution in [0.4, 0.5) is 4.79 Å². The van der Waals surface area contributed by atoms with E-state index in [-0.39, 0.29) is 24.2 Å². The van der Waals surface area contributed by atoms with Gasteiger partial charge in [-0.15, -0.1) is 0 Å². The molecule has 1 aliphatic rings. The van der Waals surface area contributed by atoms with Gasteiger partial charge in [0.25, 0.3) is 0 Å². The summed E-state index contributed by atoms with van der Waals surface area (Å²) in [5, 5.41) is 34.1. The highest BCUT2D eigenvalue weighted by Crippen LogP contribution is 2.31. The first kappa shape index (κ1) is 36.7. The normalized spacial score (nSPS) is 24.4. The first-order valence-electron chi connectivity index (χ1n) is 15.4. The Kier molecular flexibility index (Phi) is 19.6. The Balaban J connectivity index is 3.12. The smallest absolute Gasteiger partial charge is 0.420 e. The lowest BCUT2D eigenvalue weighted by atomic mass is 9.94. The van der Waals surface area contributed by atoms with Crippen molar-refractivity contribution in [2.45, 2.75) is 122 Å². The minimum Gasteiger partial charge on any atom is -0.420 e. The molecule has 0 aromatic rings. The summed E-state index contributed by atoms with van der Waals surface area (Å²) in [7, 11) is 0. The molecule has 11 nitrogen and oxygen atoms in total. The van der Waals surface area contributed by atoms with Crippen molar-refractivity contribution in [1.82, 2.24) is 5.32 Å². The van der Waals surface area contributed by atoms with E-state index in [2.05, 4.69) is 12.2 Å². The maximum atomic E-state index is 13.7. The summed E-state index contributed by atoms with van der Waals surface area (Å²) in [6.45, 7) is 8.69. The Bertz CT molecular complexity index is 684. The highest BCUT2D eigenvalue weighted by molar-refractivity contribution is 5.73.